The molecule has 0 aliphatic heterocycles. The van der Waals surface area contributed by atoms with Crippen molar-refractivity contribution in [3.8, 4) is 0 Å². The van der Waals surface area contributed by atoms with Crippen molar-refractivity contribution >= 4 is 6.09 Å². The van der Waals surface area contributed by atoms with Gasteiger partial charge in [-0.3, -0.25) is 5.43 Å². The van der Waals surface area contributed by atoms with Crippen LogP contribution in [0.25, 0.3) is 0 Å². The molecule has 0 aromatic carbocycles. The van der Waals surface area contributed by atoms with Crippen LogP contribution >= 0.6 is 0 Å². The molecule has 0 fully saturated rings. The second-order valence-electron chi connectivity index (χ2n) is 2.37. The van der Waals surface area contributed by atoms with Crippen LogP contribution in [0.1, 0.15) is 13.8 Å². The molecule has 0 spiro atoms. The summed E-state index contributed by atoms with van der Waals surface area (Å²) in [7, 11) is 1.61. The fraction of sp³-hybridized carbons (Fsp3) is 0.833. The molecular formula is C6H14N2O2. The lowest BCUT2D eigenvalue weighted by molar-refractivity contribution is 0.129. The zero-order chi connectivity index (χ0) is 7.98. The first-order chi connectivity index (χ1) is 4.66. The molecule has 2 N–H and O–H groups in total. The van der Waals surface area contributed by atoms with E-state index < -0.39 is 6.09 Å². The molecule has 0 rings (SSSR count). The van der Waals surface area contributed by atoms with Gasteiger partial charge in [-0.2, -0.15) is 0 Å². The Hall–Kier alpha value is -0.770. The van der Waals surface area contributed by atoms with Crippen LogP contribution in [0.3, 0.4) is 0 Å². The monoisotopic (exact) mass is 146 g/mol. The van der Waals surface area contributed by atoms with Gasteiger partial charge in [0.15, 0.2) is 0 Å². The molecule has 0 saturated heterocycles. The Kier molecular flexibility index (Phi) is 4.66. The number of rotatable bonds is 3. The van der Waals surface area contributed by atoms with Crippen molar-refractivity contribution in [2.75, 3.05) is 13.7 Å². The van der Waals surface area contributed by atoms with E-state index in [2.05, 4.69) is 10.9 Å². The molecule has 4 heteroatoms. The molecule has 0 aliphatic carbocycles. The van der Waals surface area contributed by atoms with Crippen LogP contribution in [0.2, 0.25) is 0 Å². The van der Waals surface area contributed by atoms with Crippen molar-refractivity contribution in [1.82, 2.24) is 10.9 Å². The van der Waals surface area contributed by atoms with Crippen molar-refractivity contribution in [2.24, 2.45) is 5.92 Å². The van der Waals surface area contributed by atoms with Crippen LogP contribution in [0.4, 0.5) is 4.79 Å². The summed E-state index contributed by atoms with van der Waals surface area (Å²) in [6.07, 6.45) is -0.434. The average Bonchev–Trinajstić information content (AvgIpc) is 1.85. The number of hydrogen-bond donors (Lipinski definition) is 2. The first kappa shape index (κ1) is 9.23. The molecule has 0 aromatic rings. The van der Waals surface area contributed by atoms with Gasteiger partial charge in [0.05, 0.1) is 6.61 Å². The molecule has 0 atom stereocenters. The van der Waals surface area contributed by atoms with Crippen LogP contribution in [-0.2, 0) is 4.74 Å². The maximum atomic E-state index is 10.6. The summed E-state index contributed by atoms with van der Waals surface area (Å²) in [6.45, 7) is 4.41. The van der Waals surface area contributed by atoms with Gasteiger partial charge in [0, 0.05) is 7.05 Å². The van der Waals surface area contributed by atoms with E-state index >= 15 is 0 Å². The molecule has 0 radical (unpaired) electrons. The smallest absolute Gasteiger partial charge is 0.421 e. The minimum atomic E-state index is -0.434. The van der Waals surface area contributed by atoms with Crippen LogP contribution in [0.15, 0.2) is 0 Å². The molecule has 10 heavy (non-hydrogen) atoms. The summed E-state index contributed by atoms with van der Waals surface area (Å²) < 4.78 is 4.73. The van der Waals surface area contributed by atoms with Gasteiger partial charge in [-0.05, 0) is 5.92 Å². The topological polar surface area (TPSA) is 50.4 Å². The lowest BCUT2D eigenvalue weighted by atomic mass is 10.2. The standard InChI is InChI=1S/C6H14N2O2/c1-5(2)4-10-6(9)8-7-3/h5,7H,4H2,1-3H3,(H,8,9). The lowest BCUT2D eigenvalue weighted by Gasteiger charge is -2.06. The Balaban J connectivity index is 3.22. The molecule has 1 amide bonds. The zero-order valence-electron chi connectivity index (χ0n) is 6.60. The number of carbonyl (C=O) groups is 1. The first-order valence-electron chi connectivity index (χ1n) is 3.26. The Labute approximate surface area is 60.9 Å². The van der Waals surface area contributed by atoms with Crippen LogP contribution < -0.4 is 10.9 Å². The SMILES string of the molecule is CNNC(=O)OCC(C)C. The Bertz CT molecular complexity index is 104. The number of carbonyl (C=O) groups excluding carboxylic acids is 1. The molecule has 0 aliphatic rings. The maximum Gasteiger partial charge on any atom is 0.421 e. The van der Waals surface area contributed by atoms with Crippen molar-refractivity contribution in [1.29, 1.82) is 0 Å². The number of hydrogen-bond acceptors (Lipinski definition) is 3. The van der Waals surface area contributed by atoms with E-state index in [1.807, 2.05) is 13.8 Å². The number of nitrogens with one attached hydrogen (secondary N) is 2. The molecular weight excluding hydrogens is 132 g/mol. The molecule has 0 bridgehead atoms. The second-order valence-corrected chi connectivity index (χ2v) is 2.37. The minimum absolute atomic E-state index is 0.377. The summed E-state index contributed by atoms with van der Waals surface area (Å²) in [5.41, 5.74) is 4.76. The summed E-state index contributed by atoms with van der Waals surface area (Å²) in [6, 6.07) is 0. The molecule has 0 unspecified atom stereocenters. The van der Waals surface area contributed by atoms with E-state index in [1.54, 1.807) is 7.05 Å². The van der Waals surface area contributed by atoms with Crippen molar-refractivity contribution in [3.05, 3.63) is 0 Å². The summed E-state index contributed by atoms with van der Waals surface area (Å²) in [5, 5.41) is 0. The third-order valence-electron chi connectivity index (χ3n) is 0.775. The van der Waals surface area contributed by atoms with Crippen LogP contribution in [-0.4, -0.2) is 19.7 Å². The third-order valence-corrected chi connectivity index (χ3v) is 0.775. The maximum absolute atomic E-state index is 10.6. The predicted octanol–water partition coefficient (Wildman–Crippen LogP) is 0.503. The summed E-state index contributed by atoms with van der Waals surface area (Å²) >= 11 is 0. The largest absolute Gasteiger partial charge is 0.448 e. The van der Waals surface area contributed by atoms with Gasteiger partial charge in [0.2, 0.25) is 0 Å². The third kappa shape index (κ3) is 5.37. The fourth-order valence-corrected chi connectivity index (χ4v) is 0.381. The fourth-order valence-electron chi connectivity index (χ4n) is 0.381. The number of hydrazine groups is 1. The molecule has 0 heterocycles. The minimum Gasteiger partial charge on any atom is -0.448 e. The van der Waals surface area contributed by atoms with Gasteiger partial charge in [-0.15, -0.1) is 0 Å². The summed E-state index contributed by atoms with van der Waals surface area (Å²) in [4.78, 5) is 10.6. The normalized spacial score (nSPS) is 9.60. The van der Waals surface area contributed by atoms with Gasteiger partial charge in [0.25, 0.3) is 0 Å². The molecule has 60 valence electrons. The highest BCUT2D eigenvalue weighted by Gasteiger charge is 1.99. The predicted molar refractivity (Wildman–Crippen MR) is 38.4 cm³/mol. The van der Waals surface area contributed by atoms with E-state index in [9.17, 15) is 4.79 Å². The molecule has 0 aromatic heterocycles. The van der Waals surface area contributed by atoms with Crippen molar-refractivity contribution < 1.29 is 9.53 Å². The van der Waals surface area contributed by atoms with E-state index in [0.717, 1.165) is 0 Å². The zero-order valence-corrected chi connectivity index (χ0v) is 6.60. The van der Waals surface area contributed by atoms with Crippen LogP contribution in [0, 0.1) is 5.92 Å². The Morgan fingerprint density at radius 3 is 2.60 bits per heavy atom. The van der Waals surface area contributed by atoms with E-state index in [1.165, 1.54) is 0 Å². The van der Waals surface area contributed by atoms with Crippen LogP contribution in [0.5, 0.6) is 0 Å². The Morgan fingerprint density at radius 2 is 2.20 bits per heavy atom. The highest BCUT2D eigenvalue weighted by atomic mass is 16.6. The second kappa shape index (κ2) is 5.05. The molecule has 0 saturated carbocycles. The van der Waals surface area contributed by atoms with E-state index in [-0.39, 0.29) is 0 Å². The quantitative estimate of drug-likeness (QED) is 0.570. The van der Waals surface area contributed by atoms with Gasteiger partial charge in [-0.1, -0.05) is 13.8 Å². The lowest BCUT2D eigenvalue weighted by Crippen LogP contribution is -2.35. The first-order valence-corrected chi connectivity index (χ1v) is 3.26. The van der Waals surface area contributed by atoms with Gasteiger partial charge >= 0.3 is 6.09 Å². The van der Waals surface area contributed by atoms with Crippen molar-refractivity contribution in [3.63, 3.8) is 0 Å². The number of amides is 1. The van der Waals surface area contributed by atoms with E-state index in [0.29, 0.717) is 12.5 Å². The highest BCUT2D eigenvalue weighted by Crippen LogP contribution is 1.91. The van der Waals surface area contributed by atoms with E-state index in [4.69, 9.17) is 4.74 Å². The number of ether oxygens (including phenoxy) is 1. The van der Waals surface area contributed by atoms with Gasteiger partial charge < -0.3 is 4.74 Å². The summed E-state index contributed by atoms with van der Waals surface area (Å²) in [5.74, 6) is 0.377. The van der Waals surface area contributed by atoms with Crippen molar-refractivity contribution in [2.45, 2.75) is 13.8 Å². The highest BCUT2D eigenvalue weighted by molar-refractivity contribution is 5.66. The molecule has 4 nitrogen and oxygen atoms in total. The Morgan fingerprint density at radius 1 is 1.60 bits per heavy atom. The van der Waals surface area contributed by atoms with Gasteiger partial charge in [0.1, 0.15) is 0 Å². The van der Waals surface area contributed by atoms with Gasteiger partial charge in [-0.25, -0.2) is 10.2 Å². The average molecular weight is 146 g/mol.